The molecular formula is C54H52N2. The van der Waals surface area contributed by atoms with Gasteiger partial charge in [0.05, 0.1) is 0 Å². The summed E-state index contributed by atoms with van der Waals surface area (Å²) in [7, 11) is 0. The summed E-state index contributed by atoms with van der Waals surface area (Å²) in [5.41, 5.74) is 16.3. The van der Waals surface area contributed by atoms with Crippen molar-refractivity contribution in [3.63, 3.8) is 0 Å². The zero-order valence-corrected chi connectivity index (χ0v) is 33.3. The average molecular weight is 729 g/mol. The van der Waals surface area contributed by atoms with Crippen molar-refractivity contribution >= 4 is 34.1 Å². The SMILES string of the molecule is CC(C)(c1ccc(N(c2ccccc2)c2ccccc2)cc1)c1ccc(N(c2ccc(C3CCCCC3)cc2)c2ccc3c(c2)-c2ccccc2C3(C)C)cc1. The first-order valence-electron chi connectivity index (χ1n) is 20.5. The van der Waals surface area contributed by atoms with E-state index in [2.05, 4.69) is 213 Å². The third-order valence-corrected chi connectivity index (χ3v) is 12.8. The van der Waals surface area contributed by atoms with Crippen LogP contribution in [0.1, 0.15) is 93.5 Å². The van der Waals surface area contributed by atoms with E-state index >= 15 is 0 Å². The summed E-state index contributed by atoms with van der Waals surface area (Å²) in [5, 5.41) is 0. The predicted octanol–water partition coefficient (Wildman–Crippen LogP) is 15.3. The fourth-order valence-electron chi connectivity index (χ4n) is 9.45. The van der Waals surface area contributed by atoms with Gasteiger partial charge < -0.3 is 9.80 Å². The topological polar surface area (TPSA) is 6.48 Å². The lowest BCUT2D eigenvalue weighted by Gasteiger charge is -2.30. The maximum absolute atomic E-state index is 2.45. The van der Waals surface area contributed by atoms with Crippen LogP contribution >= 0.6 is 0 Å². The van der Waals surface area contributed by atoms with Crippen LogP contribution in [-0.2, 0) is 10.8 Å². The van der Waals surface area contributed by atoms with Gasteiger partial charge in [-0.25, -0.2) is 0 Å². The minimum atomic E-state index is -0.198. The number of anilines is 6. The molecule has 56 heavy (non-hydrogen) atoms. The van der Waals surface area contributed by atoms with Crippen LogP contribution in [0.15, 0.2) is 176 Å². The van der Waals surface area contributed by atoms with Gasteiger partial charge >= 0.3 is 0 Å². The molecule has 0 aliphatic heterocycles. The van der Waals surface area contributed by atoms with Gasteiger partial charge in [-0.05, 0) is 131 Å². The fourth-order valence-corrected chi connectivity index (χ4v) is 9.45. The highest BCUT2D eigenvalue weighted by atomic mass is 15.1. The summed E-state index contributed by atoms with van der Waals surface area (Å²) in [4.78, 5) is 4.77. The molecule has 0 aromatic heterocycles. The maximum Gasteiger partial charge on any atom is 0.0468 e. The van der Waals surface area contributed by atoms with Crippen LogP contribution in [0.25, 0.3) is 11.1 Å². The molecule has 2 heteroatoms. The normalized spacial score (nSPS) is 14.9. The van der Waals surface area contributed by atoms with E-state index in [1.54, 1.807) is 0 Å². The van der Waals surface area contributed by atoms with Crippen LogP contribution in [-0.4, -0.2) is 0 Å². The second-order valence-electron chi connectivity index (χ2n) is 16.9. The number of hydrogen-bond acceptors (Lipinski definition) is 2. The molecule has 2 aliphatic rings. The molecule has 0 radical (unpaired) electrons. The first kappa shape index (κ1) is 35.8. The monoisotopic (exact) mass is 728 g/mol. The molecule has 0 spiro atoms. The summed E-state index contributed by atoms with van der Waals surface area (Å²) in [5.74, 6) is 0.681. The van der Waals surface area contributed by atoms with Crippen molar-refractivity contribution in [3.05, 3.63) is 204 Å². The molecule has 0 unspecified atom stereocenters. The highest BCUT2D eigenvalue weighted by Gasteiger charge is 2.35. The van der Waals surface area contributed by atoms with Crippen molar-refractivity contribution in [2.75, 3.05) is 9.80 Å². The highest BCUT2D eigenvalue weighted by Crippen LogP contribution is 2.51. The molecule has 278 valence electrons. The summed E-state index contributed by atoms with van der Waals surface area (Å²) in [6.45, 7) is 9.39. The first-order valence-corrected chi connectivity index (χ1v) is 20.5. The molecule has 2 aliphatic carbocycles. The molecule has 0 bridgehead atoms. The van der Waals surface area contributed by atoms with E-state index in [0.29, 0.717) is 5.92 Å². The summed E-state index contributed by atoms with van der Waals surface area (Å²) in [6, 6.07) is 65.2. The third-order valence-electron chi connectivity index (χ3n) is 12.8. The van der Waals surface area contributed by atoms with Crippen LogP contribution in [0, 0.1) is 0 Å². The van der Waals surface area contributed by atoms with Crippen molar-refractivity contribution in [1.82, 2.24) is 0 Å². The number of hydrogen-bond donors (Lipinski definition) is 0. The minimum Gasteiger partial charge on any atom is -0.311 e. The van der Waals surface area contributed by atoms with Crippen molar-refractivity contribution in [2.24, 2.45) is 0 Å². The molecule has 9 rings (SSSR count). The predicted molar refractivity (Wildman–Crippen MR) is 238 cm³/mol. The van der Waals surface area contributed by atoms with E-state index in [1.807, 2.05) is 0 Å². The number of benzene rings is 7. The molecule has 0 saturated heterocycles. The van der Waals surface area contributed by atoms with Gasteiger partial charge in [0.25, 0.3) is 0 Å². The highest BCUT2D eigenvalue weighted by molar-refractivity contribution is 5.86. The molecule has 0 heterocycles. The zero-order chi connectivity index (χ0) is 38.3. The summed E-state index contributed by atoms with van der Waals surface area (Å²) >= 11 is 0. The number of rotatable bonds is 9. The molecule has 0 amide bonds. The van der Waals surface area contributed by atoms with Crippen LogP contribution in [0.3, 0.4) is 0 Å². The van der Waals surface area contributed by atoms with E-state index in [-0.39, 0.29) is 10.8 Å². The van der Waals surface area contributed by atoms with Gasteiger partial charge in [-0.2, -0.15) is 0 Å². The molecule has 1 fully saturated rings. The van der Waals surface area contributed by atoms with Crippen molar-refractivity contribution < 1.29 is 0 Å². The quantitative estimate of drug-likeness (QED) is 0.146. The number of para-hydroxylation sites is 2. The van der Waals surface area contributed by atoms with Gasteiger partial charge in [-0.1, -0.05) is 150 Å². The van der Waals surface area contributed by atoms with Gasteiger partial charge in [-0.15, -0.1) is 0 Å². The lowest BCUT2D eigenvalue weighted by atomic mass is 9.78. The van der Waals surface area contributed by atoms with E-state index in [0.717, 1.165) is 22.7 Å². The fraction of sp³-hybridized carbons (Fsp3) is 0.222. The number of nitrogens with zero attached hydrogens (tertiary/aromatic N) is 2. The Morgan fingerprint density at radius 3 is 1.41 bits per heavy atom. The van der Waals surface area contributed by atoms with Gasteiger partial charge in [0, 0.05) is 45.0 Å². The Balaban J connectivity index is 1.06. The minimum absolute atomic E-state index is 0.0241. The van der Waals surface area contributed by atoms with Gasteiger partial charge in [-0.3, -0.25) is 0 Å². The van der Waals surface area contributed by atoms with Crippen molar-refractivity contribution in [2.45, 2.75) is 76.5 Å². The molecule has 7 aromatic carbocycles. The maximum atomic E-state index is 2.45. The Labute approximate surface area is 334 Å². The number of fused-ring (bicyclic) bond motifs is 3. The standard InChI is InChI=1S/C54H52N2/c1-53(2,41-26-32-46(33-27-41)55(43-18-10-6-11-19-43)44-20-12-7-13-21-44)42-28-34-47(35-29-42)56(45-30-24-40(25-31-45)39-16-8-5-9-17-39)48-36-37-52-50(38-48)49-22-14-15-23-51(49)54(52,3)4/h6-7,10-15,18-39H,5,8-9,16-17H2,1-4H3. The first-order chi connectivity index (χ1) is 27.3. The van der Waals surface area contributed by atoms with Gasteiger partial charge in [0.15, 0.2) is 0 Å². The lowest BCUT2D eigenvalue weighted by molar-refractivity contribution is 0.443. The van der Waals surface area contributed by atoms with E-state index in [4.69, 9.17) is 0 Å². The van der Waals surface area contributed by atoms with Gasteiger partial charge in [0.1, 0.15) is 0 Å². The Morgan fingerprint density at radius 2 is 0.857 bits per heavy atom. The molecule has 2 nitrogen and oxygen atoms in total. The summed E-state index contributed by atoms with van der Waals surface area (Å²) < 4.78 is 0. The van der Waals surface area contributed by atoms with Crippen LogP contribution < -0.4 is 9.80 Å². The second-order valence-corrected chi connectivity index (χ2v) is 16.9. The molecule has 0 N–H and O–H groups in total. The van der Waals surface area contributed by atoms with E-state index in [1.165, 1.54) is 82.4 Å². The molecule has 7 aromatic rings. The molecule has 0 atom stereocenters. The third kappa shape index (κ3) is 6.52. The van der Waals surface area contributed by atoms with Gasteiger partial charge in [0.2, 0.25) is 0 Å². The van der Waals surface area contributed by atoms with Crippen molar-refractivity contribution in [3.8, 4) is 11.1 Å². The van der Waals surface area contributed by atoms with E-state index in [9.17, 15) is 0 Å². The Kier molecular flexibility index (Phi) is 9.38. The second kappa shape index (κ2) is 14.7. The van der Waals surface area contributed by atoms with E-state index < -0.39 is 0 Å². The van der Waals surface area contributed by atoms with Crippen LogP contribution in [0.4, 0.5) is 34.1 Å². The van der Waals surface area contributed by atoms with Crippen LogP contribution in [0.2, 0.25) is 0 Å². The molecule has 1 saturated carbocycles. The molecular weight excluding hydrogens is 677 g/mol. The van der Waals surface area contributed by atoms with Crippen molar-refractivity contribution in [1.29, 1.82) is 0 Å². The Morgan fingerprint density at radius 1 is 0.429 bits per heavy atom. The Hall–Kier alpha value is -5.86. The summed E-state index contributed by atoms with van der Waals surface area (Å²) in [6.07, 6.45) is 6.68. The van der Waals surface area contributed by atoms with Crippen LogP contribution in [0.5, 0.6) is 0 Å². The average Bonchev–Trinajstić information content (AvgIpc) is 3.48. The largest absolute Gasteiger partial charge is 0.311 e. The Bertz CT molecular complexity index is 2380. The smallest absolute Gasteiger partial charge is 0.0468 e. The zero-order valence-electron chi connectivity index (χ0n) is 33.3. The lowest BCUT2D eigenvalue weighted by Crippen LogP contribution is -2.19.